The average Bonchev–Trinajstić information content (AvgIpc) is 2.71. The van der Waals surface area contributed by atoms with E-state index in [-0.39, 0.29) is 23.7 Å². The molecule has 7 nitrogen and oxygen atoms in total. The first-order chi connectivity index (χ1) is 14.0. The van der Waals surface area contributed by atoms with Gasteiger partial charge >= 0.3 is 0 Å². The van der Waals surface area contributed by atoms with Crippen LogP contribution in [-0.4, -0.2) is 33.3 Å². The van der Waals surface area contributed by atoms with E-state index in [4.69, 9.17) is 10.6 Å². The molecule has 2 N–H and O–H groups in total. The molecule has 0 spiro atoms. The Balaban J connectivity index is 1.83. The lowest BCUT2D eigenvalue weighted by atomic mass is 9.49. The van der Waals surface area contributed by atoms with Gasteiger partial charge in [-0.2, -0.15) is 10.4 Å². The van der Waals surface area contributed by atoms with E-state index in [0.717, 1.165) is 23.4 Å². The van der Waals surface area contributed by atoms with Gasteiger partial charge in [0, 0.05) is 10.8 Å². The molecular formula is C23H29N5O2. The van der Waals surface area contributed by atoms with Crippen molar-refractivity contribution >= 4 is 5.91 Å². The minimum absolute atomic E-state index is 0.171. The first kappa shape index (κ1) is 21.7. The monoisotopic (exact) mass is 407 g/mol. The van der Waals surface area contributed by atoms with Gasteiger partial charge < -0.3 is 4.74 Å². The van der Waals surface area contributed by atoms with E-state index in [9.17, 15) is 10.1 Å². The molecule has 0 bridgehead atoms. The van der Waals surface area contributed by atoms with Crippen molar-refractivity contribution in [3.63, 3.8) is 0 Å². The van der Waals surface area contributed by atoms with Crippen LogP contribution in [0.4, 0.5) is 0 Å². The smallest absolute Gasteiger partial charge is 0.288 e. The van der Waals surface area contributed by atoms with E-state index in [0.29, 0.717) is 5.56 Å². The second kappa shape index (κ2) is 7.69. The Hall–Kier alpha value is -2.98. The molecule has 1 aromatic carbocycles. The molecule has 3 rings (SSSR count). The maximum Gasteiger partial charge on any atom is 0.288 e. The van der Waals surface area contributed by atoms with Crippen LogP contribution in [0.1, 0.15) is 61.9 Å². The molecule has 1 amide bonds. The molecule has 158 valence electrons. The van der Waals surface area contributed by atoms with Gasteiger partial charge in [-0.05, 0) is 49.2 Å². The van der Waals surface area contributed by atoms with Crippen molar-refractivity contribution in [2.24, 2.45) is 16.7 Å². The second-order valence-corrected chi connectivity index (χ2v) is 9.10. The number of nitrogens with zero attached hydrogens (tertiary/aromatic N) is 4. The van der Waals surface area contributed by atoms with Crippen molar-refractivity contribution in [2.45, 2.75) is 60.1 Å². The van der Waals surface area contributed by atoms with E-state index >= 15 is 0 Å². The van der Waals surface area contributed by atoms with Gasteiger partial charge in [-0.25, -0.2) is 5.84 Å². The number of nitriles is 1. The number of nitrogens with two attached hydrogens (primary N) is 1. The minimum Gasteiger partial charge on any atom is -0.489 e. The fourth-order valence-corrected chi connectivity index (χ4v) is 5.07. The third-order valence-corrected chi connectivity index (χ3v) is 6.12. The number of carbonyl (C=O) groups is 1. The Kier molecular flexibility index (Phi) is 5.57. The summed E-state index contributed by atoms with van der Waals surface area (Å²) in [6.45, 7) is 12.0. The van der Waals surface area contributed by atoms with Crippen LogP contribution in [0.15, 0.2) is 30.3 Å². The van der Waals surface area contributed by atoms with Gasteiger partial charge in [0.25, 0.3) is 5.91 Å². The summed E-state index contributed by atoms with van der Waals surface area (Å²) in [4.78, 5) is 12.9. The molecule has 1 fully saturated rings. The molecule has 1 heterocycles. The van der Waals surface area contributed by atoms with Crippen LogP contribution in [0, 0.1) is 29.1 Å². The highest BCUT2D eigenvalue weighted by atomic mass is 16.5. The highest BCUT2D eigenvalue weighted by Crippen LogP contribution is 2.57. The van der Waals surface area contributed by atoms with Crippen LogP contribution < -0.4 is 10.6 Å². The summed E-state index contributed by atoms with van der Waals surface area (Å²) in [7, 11) is 0. The molecule has 7 heteroatoms. The molecule has 0 aliphatic heterocycles. The molecule has 2 aromatic rings. The molecule has 1 aliphatic rings. The maximum atomic E-state index is 12.9. The highest BCUT2D eigenvalue weighted by Gasteiger charge is 2.66. The van der Waals surface area contributed by atoms with Crippen molar-refractivity contribution in [2.75, 3.05) is 0 Å². The second-order valence-electron chi connectivity index (χ2n) is 9.10. The minimum atomic E-state index is -0.397. The fraction of sp³-hybridized carbons (Fsp3) is 0.478. The van der Waals surface area contributed by atoms with E-state index in [1.165, 1.54) is 5.01 Å². The van der Waals surface area contributed by atoms with Crippen LogP contribution in [0.2, 0.25) is 0 Å². The Morgan fingerprint density at radius 1 is 1.20 bits per heavy atom. The van der Waals surface area contributed by atoms with Crippen molar-refractivity contribution < 1.29 is 9.53 Å². The van der Waals surface area contributed by atoms with E-state index < -0.39 is 10.8 Å². The van der Waals surface area contributed by atoms with Crippen LogP contribution in [0.5, 0.6) is 5.75 Å². The number of hydrogen-bond acceptors (Lipinski definition) is 6. The summed E-state index contributed by atoms with van der Waals surface area (Å²) in [6.07, 6.45) is 0.582. The maximum absolute atomic E-state index is 12.9. The number of aryl methyl sites for hydroxylation is 2. The zero-order valence-electron chi connectivity index (χ0n) is 18.4. The summed E-state index contributed by atoms with van der Waals surface area (Å²) >= 11 is 0. The number of carbonyl (C=O) groups excluding carboxylic acids is 1. The lowest BCUT2D eigenvalue weighted by Crippen LogP contribution is -2.76. The molecule has 0 saturated heterocycles. The Morgan fingerprint density at radius 2 is 1.87 bits per heavy atom. The largest absolute Gasteiger partial charge is 0.489 e. The Morgan fingerprint density at radius 3 is 2.40 bits per heavy atom. The van der Waals surface area contributed by atoms with Crippen molar-refractivity contribution in [1.29, 1.82) is 5.26 Å². The van der Waals surface area contributed by atoms with Gasteiger partial charge in [-0.1, -0.05) is 34.6 Å². The van der Waals surface area contributed by atoms with Gasteiger partial charge in [0.2, 0.25) is 0 Å². The average molecular weight is 408 g/mol. The fourth-order valence-electron chi connectivity index (χ4n) is 5.07. The molecule has 0 radical (unpaired) electrons. The number of ether oxygens (including phenoxy) is 1. The summed E-state index contributed by atoms with van der Waals surface area (Å²) in [5.74, 6) is 6.66. The van der Waals surface area contributed by atoms with Gasteiger partial charge in [-0.15, -0.1) is 5.10 Å². The normalized spacial score (nSPS) is 21.3. The van der Waals surface area contributed by atoms with E-state index in [1.54, 1.807) is 18.2 Å². The molecule has 1 aliphatic carbocycles. The van der Waals surface area contributed by atoms with E-state index in [2.05, 4.69) is 16.3 Å². The lowest BCUT2D eigenvalue weighted by molar-refractivity contribution is -0.199. The van der Waals surface area contributed by atoms with Crippen molar-refractivity contribution in [3.8, 4) is 11.8 Å². The van der Waals surface area contributed by atoms with Crippen LogP contribution in [0.25, 0.3) is 0 Å². The molecule has 1 saturated carbocycles. The topological polar surface area (TPSA) is 105 Å². The van der Waals surface area contributed by atoms with Crippen molar-refractivity contribution in [3.05, 3.63) is 52.8 Å². The zero-order valence-corrected chi connectivity index (χ0v) is 18.4. The first-order valence-electron chi connectivity index (χ1n) is 10.1. The zero-order chi connectivity index (χ0) is 22.3. The predicted octanol–water partition coefficient (Wildman–Crippen LogP) is 3.42. The number of rotatable bonds is 5. The van der Waals surface area contributed by atoms with Gasteiger partial charge in [0.15, 0.2) is 5.69 Å². The number of amides is 1. The van der Waals surface area contributed by atoms with Crippen LogP contribution in [0.3, 0.4) is 0 Å². The first-order valence-corrected chi connectivity index (χ1v) is 10.1. The molecule has 1 aromatic heterocycles. The molecule has 0 unspecified atom stereocenters. The third kappa shape index (κ3) is 3.52. The summed E-state index contributed by atoms with van der Waals surface area (Å²) < 4.78 is 6.37. The summed E-state index contributed by atoms with van der Waals surface area (Å²) in [6, 6.07) is 10.9. The SMILES string of the molecule is CCc1cc(OC2C(C)(C)C(N(N)C(=O)c3ccc(C)nn3)C2(C)C)ccc1C#N. The number of hydrogen-bond donors (Lipinski definition) is 1. The molecule has 30 heavy (non-hydrogen) atoms. The van der Waals surface area contributed by atoms with Gasteiger partial charge in [0.1, 0.15) is 11.9 Å². The van der Waals surface area contributed by atoms with Gasteiger partial charge in [-0.3, -0.25) is 9.80 Å². The molecule has 0 atom stereocenters. The van der Waals surface area contributed by atoms with Crippen LogP contribution >= 0.6 is 0 Å². The van der Waals surface area contributed by atoms with Crippen molar-refractivity contribution in [1.82, 2.24) is 15.2 Å². The third-order valence-electron chi connectivity index (χ3n) is 6.12. The Labute approximate surface area is 177 Å². The van der Waals surface area contributed by atoms with E-state index in [1.807, 2.05) is 53.7 Å². The quantitative estimate of drug-likeness (QED) is 0.462. The standard InChI is InChI=1S/C23H29N5O2/c1-7-15-12-17(10-9-16(15)13-24)30-21-22(3,4)20(23(21,5)6)28(25)19(29)18-11-8-14(2)26-27-18/h8-12,20-21H,7,25H2,1-6H3. The van der Waals surface area contributed by atoms with Gasteiger partial charge in [0.05, 0.1) is 23.4 Å². The number of aromatic nitrogens is 2. The molecular weight excluding hydrogens is 378 g/mol. The number of hydrazine groups is 1. The lowest BCUT2D eigenvalue weighted by Gasteiger charge is -2.64. The summed E-state index contributed by atoms with van der Waals surface area (Å²) in [5.41, 5.74) is 1.78. The van der Waals surface area contributed by atoms with Crippen LogP contribution in [-0.2, 0) is 6.42 Å². The predicted molar refractivity (Wildman–Crippen MR) is 113 cm³/mol. The Bertz CT molecular complexity index is 976. The summed E-state index contributed by atoms with van der Waals surface area (Å²) in [5, 5.41) is 18.5. The highest BCUT2D eigenvalue weighted by molar-refractivity contribution is 5.92. The number of benzene rings is 1.